The van der Waals surface area contributed by atoms with Crippen molar-refractivity contribution in [1.29, 1.82) is 0 Å². The Hall–Kier alpha value is -2.59. The largest absolute Gasteiger partial charge is 0.480 e. The third-order valence-corrected chi connectivity index (χ3v) is 5.50. The maximum atomic E-state index is 12.7. The summed E-state index contributed by atoms with van der Waals surface area (Å²) < 4.78 is 0. The van der Waals surface area contributed by atoms with Crippen LogP contribution >= 0.6 is 11.8 Å². The van der Waals surface area contributed by atoms with Gasteiger partial charge in [0.15, 0.2) is 0 Å². The lowest BCUT2D eigenvalue weighted by Gasteiger charge is -2.26. The maximum Gasteiger partial charge on any atom is 0.326 e. The van der Waals surface area contributed by atoms with Crippen LogP contribution < -0.4 is 21.7 Å². The highest BCUT2D eigenvalue weighted by Gasteiger charge is 2.30. The van der Waals surface area contributed by atoms with Crippen molar-refractivity contribution in [1.82, 2.24) is 16.0 Å². The molecule has 1 aromatic rings. The van der Waals surface area contributed by atoms with E-state index in [4.69, 9.17) is 5.73 Å². The SMILES string of the molecule is CSCCC(NC(=O)C(NC(=O)C(C)NC(=O)C(N)Cc1ccccc1)C(C)C)C(=O)O. The van der Waals surface area contributed by atoms with Gasteiger partial charge in [-0.3, -0.25) is 14.4 Å². The van der Waals surface area contributed by atoms with Gasteiger partial charge >= 0.3 is 5.97 Å². The fourth-order valence-corrected chi connectivity index (χ4v) is 3.39. The number of carbonyl (C=O) groups excluding carboxylic acids is 3. The van der Waals surface area contributed by atoms with E-state index in [1.165, 1.54) is 18.7 Å². The van der Waals surface area contributed by atoms with Gasteiger partial charge < -0.3 is 26.8 Å². The highest BCUT2D eigenvalue weighted by Crippen LogP contribution is 2.07. The Kier molecular flexibility index (Phi) is 11.8. The molecule has 0 heterocycles. The number of nitrogens with two attached hydrogens (primary N) is 1. The van der Waals surface area contributed by atoms with Crippen molar-refractivity contribution in [2.24, 2.45) is 11.7 Å². The molecule has 0 aliphatic heterocycles. The average molecular weight is 467 g/mol. The van der Waals surface area contributed by atoms with Crippen LogP contribution in [0.25, 0.3) is 0 Å². The normalized spacial score (nSPS) is 14.7. The minimum absolute atomic E-state index is 0.271. The number of rotatable bonds is 13. The van der Waals surface area contributed by atoms with Crippen molar-refractivity contribution in [3.8, 4) is 0 Å². The second-order valence-corrected chi connectivity index (χ2v) is 8.92. The molecule has 1 rings (SSSR count). The van der Waals surface area contributed by atoms with E-state index in [9.17, 15) is 24.3 Å². The van der Waals surface area contributed by atoms with Crippen LogP contribution in [0.3, 0.4) is 0 Å². The van der Waals surface area contributed by atoms with Crippen molar-refractivity contribution in [2.45, 2.75) is 57.8 Å². The summed E-state index contributed by atoms with van der Waals surface area (Å²) in [4.78, 5) is 49.0. The molecule has 3 amide bonds. The van der Waals surface area contributed by atoms with Crippen LogP contribution in [0, 0.1) is 5.92 Å². The minimum Gasteiger partial charge on any atom is -0.480 e. The molecule has 0 saturated heterocycles. The van der Waals surface area contributed by atoms with Gasteiger partial charge in [0.1, 0.15) is 18.1 Å². The molecule has 0 fully saturated rings. The maximum absolute atomic E-state index is 12.7. The Morgan fingerprint density at radius 3 is 2.12 bits per heavy atom. The van der Waals surface area contributed by atoms with Crippen LogP contribution in [-0.4, -0.2) is 65.0 Å². The second kappa shape index (κ2) is 13.7. The predicted octanol–water partition coefficient (Wildman–Crippen LogP) is 0.524. The molecule has 0 radical (unpaired) electrons. The molecule has 0 spiro atoms. The zero-order chi connectivity index (χ0) is 24.3. The molecule has 32 heavy (non-hydrogen) atoms. The average Bonchev–Trinajstić information content (AvgIpc) is 2.74. The van der Waals surface area contributed by atoms with Crippen LogP contribution in [0.2, 0.25) is 0 Å². The number of hydrogen-bond donors (Lipinski definition) is 5. The summed E-state index contributed by atoms with van der Waals surface area (Å²) in [6.45, 7) is 4.97. The highest BCUT2D eigenvalue weighted by atomic mass is 32.2. The lowest BCUT2D eigenvalue weighted by molar-refractivity contribution is -0.142. The summed E-state index contributed by atoms with van der Waals surface area (Å²) in [6.07, 6.45) is 2.44. The number of amides is 3. The topological polar surface area (TPSA) is 151 Å². The predicted molar refractivity (Wildman–Crippen MR) is 125 cm³/mol. The van der Waals surface area contributed by atoms with E-state index in [0.29, 0.717) is 12.2 Å². The quantitative estimate of drug-likeness (QED) is 0.284. The molecule has 4 atom stereocenters. The molecule has 178 valence electrons. The van der Waals surface area contributed by atoms with Crippen LogP contribution in [-0.2, 0) is 25.6 Å². The molecular formula is C22H34N4O5S. The molecule has 0 aliphatic carbocycles. The zero-order valence-electron chi connectivity index (χ0n) is 19.0. The molecule has 6 N–H and O–H groups in total. The molecular weight excluding hydrogens is 432 g/mol. The van der Waals surface area contributed by atoms with Crippen LogP contribution in [0.5, 0.6) is 0 Å². The Morgan fingerprint density at radius 1 is 0.969 bits per heavy atom. The summed E-state index contributed by atoms with van der Waals surface area (Å²) >= 11 is 1.48. The van der Waals surface area contributed by atoms with Gasteiger partial charge in [0, 0.05) is 0 Å². The van der Waals surface area contributed by atoms with Gasteiger partial charge in [-0.05, 0) is 43.3 Å². The number of thioether (sulfide) groups is 1. The fourth-order valence-electron chi connectivity index (χ4n) is 2.91. The van der Waals surface area contributed by atoms with Crippen molar-refractivity contribution < 1.29 is 24.3 Å². The zero-order valence-corrected chi connectivity index (χ0v) is 19.8. The number of aliphatic carboxylic acids is 1. The Morgan fingerprint density at radius 2 is 1.59 bits per heavy atom. The summed E-state index contributed by atoms with van der Waals surface area (Å²) in [5, 5.41) is 17.0. The van der Waals surface area contributed by atoms with Crippen LogP contribution in [0.15, 0.2) is 30.3 Å². The number of benzene rings is 1. The minimum atomic E-state index is -1.13. The number of nitrogens with one attached hydrogen (secondary N) is 3. The van der Waals surface area contributed by atoms with Crippen molar-refractivity contribution in [2.75, 3.05) is 12.0 Å². The first kappa shape index (κ1) is 27.4. The molecule has 0 aliphatic rings. The van der Waals surface area contributed by atoms with Crippen molar-refractivity contribution in [3.63, 3.8) is 0 Å². The summed E-state index contributed by atoms with van der Waals surface area (Å²) in [5.41, 5.74) is 6.85. The van der Waals surface area contributed by atoms with Gasteiger partial charge in [-0.2, -0.15) is 11.8 Å². The van der Waals surface area contributed by atoms with Crippen molar-refractivity contribution in [3.05, 3.63) is 35.9 Å². The molecule has 9 nitrogen and oxygen atoms in total. The van der Waals surface area contributed by atoms with E-state index in [-0.39, 0.29) is 12.3 Å². The third-order valence-electron chi connectivity index (χ3n) is 4.86. The third kappa shape index (κ3) is 9.27. The van der Waals surface area contributed by atoms with Gasteiger partial charge in [0.2, 0.25) is 17.7 Å². The lowest BCUT2D eigenvalue weighted by atomic mass is 10.0. The Labute approximate surface area is 193 Å². The van der Waals surface area contributed by atoms with Crippen LogP contribution in [0.1, 0.15) is 32.8 Å². The number of carboxylic acids is 1. The Balaban J connectivity index is 2.68. The van der Waals surface area contributed by atoms with E-state index in [2.05, 4.69) is 16.0 Å². The fraction of sp³-hybridized carbons (Fsp3) is 0.545. The second-order valence-electron chi connectivity index (χ2n) is 7.94. The first-order valence-corrected chi connectivity index (χ1v) is 11.9. The van der Waals surface area contributed by atoms with E-state index in [1.54, 1.807) is 13.8 Å². The lowest BCUT2D eigenvalue weighted by Crippen LogP contribution is -2.58. The van der Waals surface area contributed by atoms with Gasteiger partial charge in [0.25, 0.3) is 0 Å². The molecule has 0 aromatic heterocycles. The van der Waals surface area contributed by atoms with E-state index in [0.717, 1.165) is 5.56 Å². The van der Waals surface area contributed by atoms with E-state index in [1.807, 2.05) is 36.6 Å². The first-order chi connectivity index (χ1) is 15.1. The number of hydrogen-bond acceptors (Lipinski definition) is 6. The molecule has 10 heteroatoms. The monoisotopic (exact) mass is 466 g/mol. The Bertz CT molecular complexity index is 775. The van der Waals surface area contributed by atoms with Gasteiger partial charge in [-0.25, -0.2) is 4.79 Å². The van der Waals surface area contributed by atoms with Gasteiger partial charge in [-0.15, -0.1) is 0 Å². The molecule has 0 bridgehead atoms. The van der Waals surface area contributed by atoms with E-state index < -0.39 is 47.9 Å². The number of carboxylic acid groups (broad SMARTS) is 1. The first-order valence-electron chi connectivity index (χ1n) is 10.5. The molecule has 4 unspecified atom stereocenters. The standard InChI is InChI=1S/C22H34N4O5S/c1-13(2)18(21(29)25-17(22(30)31)10-11-32-4)26-19(27)14(3)24-20(28)16(23)12-15-8-6-5-7-9-15/h5-9,13-14,16-18H,10-12,23H2,1-4H3,(H,24,28)(H,25,29)(H,26,27)(H,30,31). The number of carbonyl (C=O) groups is 4. The highest BCUT2D eigenvalue weighted by molar-refractivity contribution is 7.98. The van der Waals surface area contributed by atoms with Crippen molar-refractivity contribution >= 4 is 35.5 Å². The summed E-state index contributed by atoms with van der Waals surface area (Å²) in [6, 6.07) is 5.54. The van der Waals surface area contributed by atoms with E-state index >= 15 is 0 Å². The molecule has 0 saturated carbocycles. The summed E-state index contributed by atoms with van der Waals surface area (Å²) in [5.74, 6) is -2.48. The smallest absolute Gasteiger partial charge is 0.326 e. The van der Waals surface area contributed by atoms with Gasteiger partial charge in [0.05, 0.1) is 6.04 Å². The molecule has 1 aromatic carbocycles. The van der Waals surface area contributed by atoms with Crippen LogP contribution in [0.4, 0.5) is 0 Å². The summed E-state index contributed by atoms with van der Waals surface area (Å²) in [7, 11) is 0. The van der Waals surface area contributed by atoms with Gasteiger partial charge in [-0.1, -0.05) is 44.2 Å².